The van der Waals surface area contributed by atoms with Crippen molar-refractivity contribution in [2.24, 2.45) is 0 Å². The van der Waals surface area contributed by atoms with Crippen LogP contribution in [0, 0.1) is 6.92 Å². The first-order valence-corrected chi connectivity index (χ1v) is 6.49. The molecule has 0 fully saturated rings. The molecule has 1 aromatic rings. The molecule has 1 rings (SSSR count). The molecule has 0 aliphatic rings. The van der Waals surface area contributed by atoms with Crippen LogP contribution < -0.4 is 10.2 Å². The lowest BCUT2D eigenvalue weighted by Crippen LogP contribution is -2.41. The Balaban J connectivity index is 2.58. The predicted molar refractivity (Wildman–Crippen MR) is 76.8 cm³/mol. The van der Waals surface area contributed by atoms with Gasteiger partial charge in [0.15, 0.2) is 0 Å². The first-order valence-electron chi connectivity index (χ1n) is 6.49. The Morgan fingerprint density at radius 1 is 1.18 bits per heavy atom. The molecule has 0 aromatic heterocycles. The molecule has 0 bridgehead atoms. The van der Waals surface area contributed by atoms with E-state index < -0.39 is 0 Å². The van der Waals surface area contributed by atoms with E-state index in [1.54, 1.807) is 0 Å². The normalized spacial score (nSPS) is 11.6. The number of aryl methyl sites for hydroxylation is 1. The molecule has 0 saturated heterocycles. The third kappa shape index (κ3) is 4.78. The summed E-state index contributed by atoms with van der Waals surface area (Å²) in [5, 5.41) is 3.53. The van der Waals surface area contributed by atoms with Crippen molar-refractivity contribution in [3.05, 3.63) is 29.8 Å². The first kappa shape index (κ1) is 14.0. The minimum absolute atomic E-state index is 0.200. The molecule has 1 N–H and O–H groups in total. The van der Waals surface area contributed by atoms with Gasteiger partial charge in [0.05, 0.1) is 0 Å². The van der Waals surface area contributed by atoms with Gasteiger partial charge < -0.3 is 10.2 Å². The lowest BCUT2D eigenvalue weighted by atomic mass is 10.1. The van der Waals surface area contributed by atoms with Crippen LogP contribution in [0.15, 0.2) is 24.3 Å². The van der Waals surface area contributed by atoms with Crippen LogP contribution in [0.1, 0.15) is 33.3 Å². The van der Waals surface area contributed by atoms with Crippen molar-refractivity contribution >= 4 is 5.69 Å². The van der Waals surface area contributed by atoms with Gasteiger partial charge in [0.25, 0.3) is 0 Å². The average Bonchev–Trinajstić information content (AvgIpc) is 2.24. The van der Waals surface area contributed by atoms with E-state index in [9.17, 15) is 0 Å². The minimum Gasteiger partial charge on any atom is -0.370 e. The Morgan fingerprint density at radius 3 is 2.35 bits per heavy atom. The minimum atomic E-state index is 0.200. The highest BCUT2D eigenvalue weighted by molar-refractivity contribution is 5.52. The van der Waals surface area contributed by atoms with E-state index in [1.165, 1.54) is 11.3 Å². The highest BCUT2D eigenvalue weighted by Gasteiger charge is 2.10. The maximum atomic E-state index is 3.53. The van der Waals surface area contributed by atoms with Crippen molar-refractivity contribution in [2.75, 3.05) is 24.5 Å². The number of hydrogen-bond donors (Lipinski definition) is 1. The van der Waals surface area contributed by atoms with Crippen LogP contribution in [-0.2, 0) is 0 Å². The molecule has 2 heteroatoms. The summed E-state index contributed by atoms with van der Waals surface area (Å²) >= 11 is 0. The fourth-order valence-electron chi connectivity index (χ4n) is 1.93. The molecule has 0 aliphatic heterocycles. The molecule has 2 nitrogen and oxygen atoms in total. The van der Waals surface area contributed by atoms with Crippen LogP contribution in [0.3, 0.4) is 0 Å². The van der Waals surface area contributed by atoms with Crippen LogP contribution in [0.25, 0.3) is 0 Å². The van der Waals surface area contributed by atoms with Crippen molar-refractivity contribution < 1.29 is 0 Å². The molecule has 0 saturated carbocycles. The van der Waals surface area contributed by atoms with Crippen molar-refractivity contribution in [1.82, 2.24) is 5.32 Å². The van der Waals surface area contributed by atoms with Gasteiger partial charge >= 0.3 is 0 Å². The summed E-state index contributed by atoms with van der Waals surface area (Å²) in [5.41, 5.74) is 2.90. The molecular weight excluding hydrogens is 208 g/mol. The second-order valence-electron chi connectivity index (χ2n) is 5.54. The summed E-state index contributed by atoms with van der Waals surface area (Å²) in [6.07, 6.45) is 0. The van der Waals surface area contributed by atoms with Gasteiger partial charge in [0.1, 0.15) is 0 Å². The standard InChI is InChI=1S/C15H26N2/c1-6-17(12-11-16-15(3,4)5)14-10-8-7-9-13(14)2/h7-10,16H,6,11-12H2,1-5H3. The summed E-state index contributed by atoms with van der Waals surface area (Å²) in [7, 11) is 0. The van der Waals surface area contributed by atoms with Crippen LogP contribution in [0.5, 0.6) is 0 Å². The van der Waals surface area contributed by atoms with Gasteiger partial charge in [0, 0.05) is 30.9 Å². The topological polar surface area (TPSA) is 15.3 Å². The Hall–Kier alpha value is -1.02. The molecule has 0 radical (unpaired) electrons. The van der Waals surface area contributed by atoms with Crippen LogP contribution in [-0.4, -0.2) is 25.2 Å². The number of para-hydroxylation sites is 1. The molecule has 17 heavy (non-hydrogen) atoms. The van der Waals surface area contributed by atoms with Gasteiger partial charge in [-0.3, -0.25) is 0 Å². The van der Waals surface area contributed by atoms with E-state index in [2.05, 4.69) is 69.1 Å². The monoisotopic (exact) mass is 234 g/mol. The maximum Gasteiger partial charge on any atom is 0.0396 e. The van der Waals surface area contributed by atoms with Crippen LogP contribution >= 0.6 is 0 Å². The van der Waals surface area contributed by atoms with E-state index in [1.807, 2.05) is 0 Å². The maximum absolute atomic E-state index is 3.53. The van der Waals surface area contributed by atoms with E-state index in [0.29, 0.717) is 0 Å². The number of hydrogen-bond acceptors (Lipinski definition) is 2. The quantitative estimate of drug-likeness (QED) is 0.841. The fraction of sp³-hybridized carbons (Fsp3) is 0.600. The Bertz CT molecular complexity index is 339. The fourth-order valence-corrected chi connectivity index (χ4v) is 1.93. The SMILES string of the molecule is CCN(CCNC(C)(C)C)c1ccccc1C. The third-order valence-electron chi connectivity index (χ3n) is 2.87. The zero-order chi connectivity index (χ0) is 12.9. The van der Waals surface area contributed by atoms with E-state index in [-0.39, 0.29) is 5.54 Å². The lowest BCUT2D eigenvalue weighted by Gasteiger charge is -2.28. The van der Waals surface area contributed by atoms with E-state index in [0.717, 1.165) is 19.6 Å². The largest absolute Gasteiger partial charge is 0.370 e. The van der Waals surface area contributed by atoms with E-state index in [4.69, 9.17) is 0 Å². The number of anilines is 1. The average molecular weight is 234 g/mol. The molecule has 1 aromatic carbocycles. The number of rotatable bonds is 5. The number of likely N-dealkylation sites (N-methyl/N-ethyl adjacent to an activating group) is 1. The molecule has 0 unspecified atom stereocenters. The predicted octanol–water partition coefficient (Wildman–Crippen LogP) is 3.21. The number of nitrogens with one attached hydrogen (secondary N) is 1. The molecule has 0 amide bonds. The van der Waals surface area contributed by atoms with Crippen LogP contribution in [0.4, 0.5) is 5.69 Å². The lowest BCUT2D eigenvalue weighted by molar-refractivity contribution is 0.429. The van der Waals surface area contributed by atoms with Gasteiger partial charge in [-0.1, -0.05) is 18.2 Å². The Morgan fingerprint density at radius 2 is 1.82 bits per heavy atom. The van der Waals surface area contributed by atoms with Gasteiger partial charge in [0.2, 0.25) is 0 Å². The van der Waals surface area contributed by atoms with Crippen molar-refractivity contribution in [1.29, 1.82) is 0 Å². The smallest absolute Gasteiger partial charge is 0.0396 e. The van der Waals surface area contributed by atoms with Crippen molar-refractivity contribution in [2.45, 2.75) is 40.2 Å². The highest BCUT2D eigenvalue weighted by atomic mass is 15.1. The second kappa shape index (κ2) is 6.06. The Labute approximate surface area is 106 Å². The molecular formula is C15H26N2. The number of nitrogens with zero attached hydrogens (tertiary/aromatic N) is 1. The summed E-state index contributed by atoms with van der Waals surface area (Å²) < 4.78 is 0. The van der Waals surface area contributed by atoms with Gasteiger partial charge in [-0.15, -0.1) is 0 Å². The molecule has 0 aliphatic carbocycles. The zero-order valence-corrected chi connectivity index (χ0v) is 11.9. The zero-order valence-electron chi connectivity index (χ0n) is 11.9. The van der Waals surface area contributed by atoms with E-state index >= 15 is 0 Å². The van der Waals surface area contributed by atoms with Crippen LogP contribution in [0.2, 0.25) is 0 Å². The molecule has 96 valence electrons. The highest BCUT2D eigenvalue weighted by Crippen LogP contribution is 2.18. The molecule has 0 spiro atoms. The molecule has 0 atom stereocenters. The third-order valence-corrected chi connectivity index (χ3v) is 2.87. The summed E-state index contributed by atoms with van der Waals surface area (Å²) in [4.78, 5) is 2.42. The van der Waals surface area contributed by atoms with Gasteiger partial charge in [-0.05, 0) is 46.2 Å². The first-order chi connectivity index (χ1) is 7.94. The summed E-state index contributed by atoms with van der Waals surface area (Å²) in [5.74, 6) is 0. The van der Waals surface area contributed by atoms with Gasteiger partial charge in [-0.25, -0.2) is 0 Å². The number of benzene rings is 1. The Kier molecular flexibility index (Phi) is 5.01. The molecule has 0 heterocycles. The summed E-state index contributed by atoms with van der Waals surface area (Å²) in [6, 6.07) is 8.59. The van der Waals surface area contributed by atoms with Gasteiger partial charge in [-0.2, -0.15) is 0 Å². The van der Waals surface area contributed by atoms with Crippen molar-refractivity contribution in [3.63, 3.8) is 0 Å². The second-order valence-corrected chi connectivity index (χ2v) is 5.54. The van der Waals surface area contributed by atoms with Crippen molar-refractivity contribution in [3.8, 4) is 0 Å². The summed E-state index contributed by atoms with van der Waals surface area (Å²) in [6.45, 7) is 14.1.